The predicted octanol–water partition coefficient (Wildman–Crippen LogP) is 3.12. The van der Waals surface area contributed by atoms with E-state index in [1.54, 1.807) is 12.1 Å². The average Bonchev–Trinajstić information content (AvgIpc) is 2.91. The molecule has 0 spiro atoms. The van der Waals surface area contributed by atoms with E-state index in [0.29, 0.717) is 10.5 Å². The summed E-state index contributed by atoms with van der Waals surface area (Å²) in [7, 11) is 1.31. The molecule has 0 saturated carbocycles. The Morgan fingerprint density at radius 1 is 1.43 bits per heavy atom. The molecule has 0 aliphatic heterocycles. The minimum atomic E-state index is -0.410. The number of hydrogen-bond donors (Lipinski definition) is 2. The van der Waals surface area contributed by atoms with E-state index in [1.165, 1.54) is 42.0 Å². The van der Waals surface area contributed by atoms with Crippen LogP contribution in [0.1, 0.15) is 5.56 Å². The van der Waals surface area contributed by atoms with Gasteiger partial charge in [0.05, 0.1) is 13.5 Å². The molecule has 1 heterocycles. The first kappa shape index (κ1) is 16.5. The van der Waals surface area contributed by atoms with E-state index in [4.69, 9.17) is 0 Å². The number of carbonyl (C=O) groups excluding carboxylic acids is 1. The van der Waals surface area contributed by atoms with Crippen LogP contribution in [0, 0.1) is 0 Å². The zero-order chi connectivity index (χ0) is 15.4. The van der Waals surface area contributed by atoms with Gasteiger partial charge < -0.3 is 9.84 Å². The van der Waals surface area contributed by atoms with Crippen molar-refractivity contribution in [2.24, 2.45) is 0 Å². The monoisotopic (exact) mass is 360 g/mol. The van der Waals surface area contributed by atoms with E-state index in [1.807, 2.05) is 6.26 Å². The summed E-state index contributed by atoms with van der Waals surface area (Å²) in [5.74, 6) is -0.373. The second-order valence-corrected chi connectivity index (χ2v) is 7.64. The summed E-state index contributed by atoms with van der Waals surface area (Å²) in [4.78, 5) is 12.7. The lowest BCUT2D eigenvalue weighted by Gasteiger charge is -2.08. The smallest absolute Gasteiger partial charge is 0.310 e. The molecule has 0 unspecified atom stereocenters. The molecule has 1 aromatic carbocycles. The quantitative estimate of drug-likeness (QED) is 0.482. The second kappa shape index (κ2) is 7.39. The number of hydrogen-bond acceptors (Lipinski definition) is 9. The topological polar surface area (TPSA) is 72.3 Å². The predicted molar refractivity (Wildman–Crippen MR) is 86.9 cm³/mol. The lowest BCUT2D eigenvalue weighted by Crippen LogP contribution is -2.04. The Morgan fingerprint density at radius 2 is 2.14 bits per heavy atom. The molecule has 2 rings (SSSR count). The molecule has 0 saturated heterocycles. The molecule has 2 aromatic rings. The molecule has 21 heavy (non-hydrogen) atoms. The van der Waals surface area contributed by atoms with Crippen molar-refractivity contribution < 1.29 is 14.6 Å². The van der Waals surface area contributed by atoms with Crippen molar-refractivity contribution in [2.75, 3.05) is 13.4 Å². The molecule has 0 bridgehead atoms. The van der Waals surface area contributed by atoms with Gasteiger partial charge in [0, 0.05) is 15.4 Å². The fraction of sp³-hybridized carbons (Fsp3) is 0.250. The number of methoxy groups -OCH3 is 1. The molecule has 0 aliphatic carbocycles. The second-order valence-electron chi connectivity index (χ2n) is 3.84. The number of esters is 1. The Balaban J connectivity index is 2.21. The van der Waals surface area contributed by atoms with Crippen LogP contribution in [0.4, 0.5) is 0 Å². The molecular formula is C12H12N2O3S4. The van der Waals surface area contributed by atoms with Gasteiger partial charge in [-0.05, 0) is 18.4 Å². The van der Waals surface area contributed by atoms with Crippen LogP contribution in [-0.2, 0) is 16.0 Å². The lowest BCUT2D eigenvalue weighted by atomic mass is 10.1. The van der Waals surface area contributed by atoms with E-state index in [0.717, 1.165) is 13.6 Å². The molecule has 5 nitrogen and oxygen atoms in total. The van der Waals surface area contributed by atoms with E-state index in [2.05, 4.69) is 27.6 Å². The first-order valence-corrected chi connectivity index (χ1v) is 9.01. The SMILES string of the molecule is COC(=O)Cc1cc(S)c(Sc2nnc(SC)s2)cc1O. The van der Waals surface area contributed by atoms with Crippen LogP contribution < -0.4 is 0 Å². The summed E-state index contributed by atoms with van der Waals surface area (Å²) < 4.78 is 6.24. The zero-order valence-corrected chi connectivity index (χ0v) is 14.5. The van der Waals surface area contributed by atoms with E-state index >= 15 is 0 Å². The third-order valence-electron chi connectivity index (χ3n) is 2.48. The highest BCUT2D eigenvalue weighted by Crippen LogP contribution is 2.38. The van der Waals surface area contributed by atoms with Gasteiger partial charge in [0.25, 0.3) is 0 Å². The number of nitrogens with zero attached hydrogens (tertiary/aromatic N) is 2. The molecular weight excluding hydrogens is 348 g/mol. The summed E-state index contributed by atoms with van der Waals surface area (Å²) in [5, 5.41) is 18.1. The van der Waals surface area contributed by atoms with Crippen LogP contribution in [0.2, 0.25) is 0 Å². The molecule has 0 fully saturated rings. The largest absolute Gasteiger partial charge is 0.508 e. The van der Waals surface area contributed by atoms with Crippen molar-refractivity contribution in [1.82, 2.24) is 10.2 Å². The van der Waals surface area contributed by atoms with E-state index < -0.39 is 5.97 Å². The van der Waals surface area contributed by atoms with Gasteiger partial charge in [0.15, 0.2) is 8.68 Å². The molecule has 9 heteroatoms. The van der Waals surface area contributed by atoms with Crippen molar-refractivity contribution in [2.45, 2.75) is 24.9 Å². The number of phenols is 1. The van der Waals surface area contributed by atoms with Gasteiger partial charge in [-0.25, -0.2) is 0 Å². The summed E-state index contributed by atoms with van der Waals surface area (Å²) in [6.07, 6.45) is 1.95. The van der Waals surface area contributed by atoms with Gasteiger partial charge in [-0.15, -0.1) is 22.8 Å². The van der Waals surface area contributed by atoms with Gasteiger partial charge in [-0.3, -0.25) is 4.79 Å². The number of ether oxygens (including phenoxy) is 1. The highest BCUT2D eigenvalue weighted by Gasteiger charge is 2.14. The maximum atomic E-state index is 11.3. The number of aromatic nitrogens is 2. The zero-order valence-electron chi connectivity index (χ0n) is 11.2. The number of carbonyl (C=O) groups is 1. The lowest BCUT2D eigenvalue weighted by molar-refractivity contribution is -0.139. The molecule has 0 radical (unpaired) electrons. The number of thiol groups is 1. The van der Waals surface area contributed by atoms with Crippen molar-refractivity contribution in [3.05, 3.63) is 17.7 Å². The van der Waals surface area contributed by atoms with Crippen LogP contribution in [0.15, 0.2) is 30.6 Å². The van der Waals surface area contributed by atoms with Crippen LogP contribution >= 0.6 is 47.5 Å². The number of aromatic hydroxyl groups is 1. The third kappa shape index (κ3) is 4.29. The van der Waals surface area contributed by atoms with Gasteiger partial charge in [0.1, 0.15) is 5.75 Å². The fourth-order valence-corrected chi connectivity index (χ4v) is 4.26. The fourth-order valence-electron chi connectivity index (χ4n) is 1.47. The number of phenolic OH excluding ortho intramolecular Hbond substituents is 1. The van der Waals surface area contributed by atoms with Crippen molar-refractivity contribution in [1.29, 1.82) is 0 Å². The number of rotatable bonds is 5. The Hall–Kier alpha value is -0.900. The Labute approximate surface area is 139 Å². The highest BCUT2D eigenvalue weighted by molar-refractivity contribution is 8.03. The first-order chi connectivity index (χ1) is 10.0. The van der Waals surface area contributed by atoms with Gasteiger partial charge in [-0.1, -0.05) is 34.9 Å². The van der Waals surface area contributed by atoms with Gasteiger partial charge in [0.2, 0.25) is 0 Å². The minimum absolute atomic E-state index is 0.0102. The van der Waals surface area contributed by atoms with Crippen LogP contribution in [0.5, 0.6) is 5.75 Å². The van der Waals surface area contributed by atoms with Crippen LogP contribution in [-0.4, -0.2) is 34.6 Å². The van der Waals surface area contributed by atoms with E-state index in [9.17, 15) is 9.90 Å². The van der Waals surface area contributed by atoms with Crippen LogP contribution in [0.25, 0.3) is 0 Å². The van der Waals surface area contributed by atoms with Gasteiger partial charge in [-0.2, -0.15) is 0 Å². The first-order valence-electron chi connectivity index (χ1n) is 5.70. The van der Waals surface area contributed by atoms with Crippen LogP contribution in [0.3, 0.4) is 0 Å². The maximum absolute atomic E-state index is 11.3. The summed E-state index contributed by atoms with van der Waals surface area (Å²) in [6.45, 7) is 0. The maximum Gasteiger partial charge on any atom is 0.310 e. The Morgan fingerprint density at radius 3 is 2.76 bits per heavy atom. The molecule has 112 valence electrons. The normalized spacial score (nSPS) is 10.6. The standard InChI is InChI=1S/C12H12N2O3S4/c1-17-10(16)4-6-3-8(18)9(5-7(6)15)20-12-14-13-11(19-2)21-12/h3,5,15,18H,4H2,1-2H3. The van der Waals surface area contributed by atoms with Crippen molar-refractivity contribution >= 4 is 53.5 Å². The third-order valence-corrected chi connectivity index (χ3v) is 6.01. The molecule has 0 atom stereocenters. The summed E-state index contributed by atoms with van der Waals surface area (Å²) >= 11 is 8.78. The summed E-state index contributed by atoms with van der Waals surface area (Å²) in [6, 6.07) is 3.24. The van der Waals surface area contributed by atoms with Gasteiger partial charge >= 0.3 is 5.97 Å². The molecule has 1 aromatic heterocycles. The average molecular weight is 361 g/mol. The van der Waals surface area contributed by atoms with Crippen molar-refractivity contribution in [3.63, 3.8) is 0 Å². The summed E-state index contributed by atoms with van der Waals surface area (Å²) in [5.41, 5.74) is 0.485. The minimum Gasteiger partial charge on any atom is -0.508 e. The van der Waals surface area contributed by atoms with Crippen molar-refractivity contribution in [3.8, 4) is 5.75 Å². The number of thioether (sulfide) groups is 1. The van der Waals surface area contributed by atoms with E-state index in [-0.39, 0.29) is 12.2 Å². The highest BCUT2D eigenvalue weighted by atomic mass is 32.2. The molecule has 0 aliphatic rings. The molecule has 1 N–H and O–H groups in total. The number of benzene rings is 1. The Bertz CT molecular complexity index is 660. The molecule has 0 amide bonds. The Kier molecular flexibility index (Phi) is 5.80.